The topological polar surface area (TPSA) is 87.5 Å². The summed E-state index contributed by atoms with van der Waals surface area (Å²) in [5, 5.41) is 6.20. The van der Waals surface area contributed by atoms with Gasteiger partial charge in [-0.3, -0.25) is 8.99 Å². The number of carbonyl (C=O) groups excluding carboxylic acids is 1. The number of amides is 2. The van der Waals surface area contributed by atoms with Crippen molar-refractivity contribution in [2.45, 2.75) is 44.1 Å². The van der Waals surface area contributed by atoms with Crippen molar-refractivity contribution in [1.82, 2.24) is 14.7 Å². The van der Waals surface area contributed by atoms with E-state index >= 15 is 0 Å². The molecule has 1 saturated carbocycles. The molecule has 0 bridgehead atoms. The molecule has 0 radical (unpaired) electrons. The number of halogens is 3. The average Bonchev–Trinajstić information content (AvgIpc) is 3.46. The van der Waals surface area contributed by atoms with Crippen LogP contribution in [0.3, 0.4) is 0 Å². The molecule has 2 amide bonds. The minimum atomic E-state index is -3.49. The molecule has 0 spiro atoms. The van der Waals surface area contributed by atoms with Crippen LogP contribution in [0.1, 0.15) is 25.5 Å². The minimum Gasteiger partial charge on any atom is -0.314 e. The maximum absolute atomic E-state index is 13.4. The number of carbonyl (C=O) groups is 1. The van der Waals surface area contributed by atoms with E-state index in [1.807, 2.05) is 0 Å². The van der Waals surface area contributed by atoms with Crippen LogP contribution in [0, 0.1) is 17.5 Å². The molecule has 0 saturated heterocycles. The molecule has 2 aliphatic rings. The summed E-state index contributed by atoms with van der Waals surface area (Å²) >= 11 is 0. The van der Waals surface area contributed by atoms with Gasteiger partial charge < -0.3 is 10.2 Å². The Morgan fingerprint density at radius 1 is 1.23 bits per heavy atom. The molecule has 2 heterocycles. The number of benzene rings is 1. The lowest BCUT2D eigenvalue weighted by molar-refractivity contribution is 0.162. The largest absolute Gasteiger partial charge is 0.322 e. The van der Waals surface area contributed by atoms with E-state index in [2.05, 4.69) is 10.4 Å². The number of nitrogens with one attached hydrogen (secondary N) is 1. The lowest BCUT2D eigenvalue weighted by Crippen LogP contribution is -2.47. The molecule has 1 N–H and O–H groups in total. The Morgan fingerprint density at radius 3 is 2.47 bits per heavy atom. The third kappa shape index (κ3) is 3.48. The highest BCUT2D eigenvalue weighted by Gasteiger charge is 2.41. The molecule has 1 aliphatic carbocycles. The van der Waals surface area contributed by atoms with Crippen LogP contribution in [-0.4, -0.2) is 47.5 Å². The minimum absolute atomic E-state index is 0.0407. The van der Waals surface area contributed by atoms with Gasteiger partial charge in [0.25, 0.3) is 0 Å². The first-order valence-electron chi connectivity index (χ1n) is 9.34. The van der Waals surface area contributed by atoms with Gasteiger partial charge in [-0.15, -0.1) is 0 Å². The third-order valence-corrected chi connectivity index (χ3v) is 7.65. The van der Waals surface area contributed by atoms with Gasteiger partial charge in [-0.25, -0.2) is 26.4 Å². The lowest BCUT2D eigenvalue weighted by atomic mass is 10.2. The molecule has 1 aliphatic heterocycles. The Morgan fingerprint density at radius 2 is 1.87 bits per heavy atom. The van der Waals surface area contributed by atoms with Crippen molar-refractivity contribution in [3.8, 4) is 0 Å². The van der Waals surface area contributed by atoms with E-state index in [1.165, 1.54) is 22.4 Å². The summed E-state index contributed by atoms with van der Waals surface area (Å²) in [5.41, 5.74) is 0.688. The van der Waals surface area contributed by atoms with Crippen LogP contribution in [0.15, 0.2) is 18.3 Å². The summed E-state index contributed by atoms with van der Waals surface area (Å²) < 4.78 is 68.0. The molecular formula is C18H20F3N5O3S. The second-order valence-electron chi connectivity index (χ2n) is 7.53. The fraction of sp³-hybridized carbons (Fsp3) is 0.444. The van der Waals surface area contributed by atoms with E-state index in [0.29, 0.717) is 42.9 Å². The summed E-state index contributed by atoms with van der Waals surface area (Å²) in [7, 11) is -2.04. The van der Waals surface area contributed by atoms with E-state index in [0.717, 1.165) is 0 Å². The molecular weight excluding hydrogens is 423 g/mol. The van der Waals surface area contributed by atoms with Gasteiger partial charge in [-0.1, -0.05) is 0 Å². The average molecular weight is 443 g/mol. The summed E-state index contributed by atoms with van der Waals surface area (Å²) in [4.78, 5) is 14.1. The van der Waals surface area contributed by atoms with Gasteiger partial charge in [-0.2, -0.15) is 5.10 Å². The zero-order valence-corrected chi connectivity index (χ0v) is 17.1. The first kappa shape index (κ1) is 20.5. The molecule has 1 aromatic heterocycles. The van der Waals surface area contributed by atoms with E-state index in [-0.39, 0.29) is 18.3 Å². The van der Waals surface area contributed by atoms with Crippen LogP contribution in [0.25, 0.3) is 0 Å². The van der Waals surface area contributed by atoms with E-state index in [4.69, 9.17) is 0 Å². The highest BCUT2D eigenvalue weighted by atomic mass is 32.2. The number of hydrogen-bond donors (Lipinski definition) is 1. The van der Waals surface area contributed by atoms with Crippen LogP contribution >= 0.6 is 0 Å². The maximum atomic E-state index is 13.4. The van der Waals surface area contributed by atoms with Crippen LogP contribution < -0.4 is 9.62 Å². The monoisotopic (exact) mass is 443 g/mol. The Bertz CT molecular complexity index is 1090. The van der Waals surface area contributed by atoms with Crippen molar-refractivity contribution in [2.24, 2.45) is 0 Å². The molecule has 1 atom stereocenters. The van der Waals surface area contributed by atoms with Gasteiger partial charge >= 0.3 is 6.03 Å². The quantitative estimate of drug-likeness (QED) is 0.736. The zero-order chi connectivity index (χ0) is 21.8. The van der Waals surface area contributed by atoms with Crippen LogP contribution in [0.2, 0.25) is 0 Å². The maximum Gasteiger partial charge on any atom is 0.322 e. The van der Waals surface area contributed by atoms with Crippen molar-refractivity contribution >= 4 is 27.4 Å². The second-order valence-corrected chi connectivity index (χ2v) is 9.78. The van der Waals surface area contributed by atoms with Gasteiger partial charge in [-0.05, 0) is 19.8 Å². The number of nitrogens with zero attached hydrogens (tertiary/aromatic N) is 4. The van der Waals surface area contributed by atoms with Crippen molar-refractivity contribution in [3.05, 3.63) is 41.5 Å². The van der Waals surface area contributed by atoms with Gasteiger partial charge in [0, 0.05) is 24.9 Å². The second kappa shape index (κ2) is 7.18. The van der Waals surface area contributed by atoms with Gasteiger partial charge in [0.1, 0.15) is 0 Å². The van der Waals surface area contributed by atoms with Crippen LogP contribution in [0.4, 0.5) is 29.3 Å². The SMILES string of the molecule is C[C@H]1Cn2ncc(N(C)S(=O)(=O)C3CC3)c2CN1C(=O)Nc1cc(F)c(F)c(F)c1. The summed E-state index contributed by atoms with van der Waals surface area (Å²) in [6.45, 7) is 2.12. The number of sulfonamides is 1. The molecule has 2 aromatic rings. The van der Waals surface area contributed by atoms with Crippen molar-refractivity contribution in [2.75, 3.05) is 16.7 Å². The van der Waals surface area contributed by atoms with Crippen LogP contribution in [-0.2, 0) is 23.1 Å². The molecule has 1 fully saturated rings. The number of aromatic nitrogens is 2. The van der Waals surface area contributed by atoms with Crippen LogP contribution in [0.5, 0.6) is 0 Å². The highest BCUT2D eigenvalue weighted by Crippen LogP contribution is 2.35. The van der Waals surface area contributed by atoms with Gasteiger partial charge in [0.15, 0.2) is 17.5 Å². The highest BCUT2D eigenvalue weighted by molar-refractivity contribution is 7.93. The fourth-order valence-electron chi connectivity index (χ4n) is 3.47. The van der Waals surface area contributed by atoms with Crippen molar-refractivity contribution in [3.63, 3.8) is 0 Å². The number of hydrogen-bond acceptors (Lipinski definition) is 4. The van der Waals surface area contributed by atoms with E-state index in [9.17, 15) is 26.4 Å². The predicted molar refractivity (Wildman–Crippen MR) is 103 cm³/mol. The zero-order valence-electron chi connectivity index (χ0n) is 16.3. The lowest BCUT2D eigenvalue weighted by Gasteiger charge is -2.35. The molecule has 1 aromatic carbocycles. The molecule has 4 rings (SSSR count). The first-order valence-corrected chi connectivity index (χ1v) is 10.8. The van der Waals surface area contributed by atoms with Gasteiger partial charge in [0.2, 0.25) is 10.0 Å². The Hall–Kier alpha value is -2.76. The summed E-state index contributed by atoms with van der Waals surface area (Å²) in [6, 6.07) is 0.400. The summed E-state index contributed by atoms with van der Waals surface area (Å²) in [6.07, 6.45) is 2.69. The Kier molecular flexibility index (Phi) is 4.91. The molecule has 12 heteroatoms. The first-order chi connectivity index (χ1) is 14.1. The molecule has 162 valence electrons. The third-order valence-electron chi connectivity index (χ3n) is 5.38. The van der Waals surface area contributed by atoms with E-state index in [1.54, 1.807) is 11.6 Å². The number of fused-ring (bicyclic) bond motifs is 1. The Balaban J connectivity index is 1.57. The molecule has 0 unspecified atom stereocenters. The summed E-state index contributed by atoms with van der Waals surface area (Å²) in [5.74, 6) is -4.44. The fourth-order valence-corrected chi connectivity index (χ4v) is 5.08. The van der Waals surface area contributed by atoms with E-state index < -0.39 is 38.8 Å². The van der Waals surface area contributed by atoms with Crippen molar-refractivity contribution < 1.29 is 26.4 Å². The number of rotatable bonds is 4. The number of anilines is 2. The predicted octanol–water partition coefficient (Wildman–Crippen LogP) is 2.67. The number of urea groups is 1. The standard InChI is InChI=1S/C18H20F3N5O3S/c1-10-8-26-16(15(7-22-26)24(2)30(28,29)12-3-4-12)9-25(10)18(27)23-11-5-13(19)17(21)14(20)6-11/h5-7,10,12H,3-4,8-9H2,1-2H3,(H,23,27)/t10-/m0/s1. The molecule has 30 heavy (non-hydrogen) atoms. The normalized spacial score (nSPS) is 18.8. The van der Waals surface area contributed by atoms with Gasteiger partial charge in [0.05, 0.1) is 42.0 Å². The Labute approximate surface area is 171 Å². The molecule has 8 nitrogen and oxygen atoms in total. The van der Waals surface area contributed by atoms with Crippen molar-refractivity contribution in [1.29, 1.82) is 0 Å². The smallest absolute Gasteiger partial charge is 0.314 e.